The lowest BCUT2D eigenvalue weighted by molar-refractivity contribution is 0.102. The largest absolute Gasteiger partial charge is 0.322 e. The highest BCUT2D eigenvalue weighted by molar-refractivity contribution is 7.89. The highest BCUT2D eigenvalue weighted by Crippen LogP contribution is 2.19. The van der Waals surface area contributed by atoms with E-state index in [1.807, 2.05) is 62.4 Å². The Balaban J connectivity index is 1.36. The zero-order chi connectivity index (χ0) is 23.4. The molecule has 1 aliphatic rings. The number of nitrogens with one attached hydrogen (secondary N) is 1. The van der Waals surface area contributed by atoms with Crippen LogP contribution >= 0.6 is 0 Å². The zero-order valence-electron chi connectivity index (χ0n) is 19.0. The summed E-state index contributed by atoms with van der Waals surface area (Å²) in [5.41, 5.74) is 4.74. The molecule has 3 aromatic carbocycles. The number of hydrogen-bond acceptors (Lipinski definition) is 4. The van der Waals surface area contributed by atoms with Crippen molar-refractivity contribution in [3.8, 4) is 0 Å². The summed E-state index contributed by atoms with van der Waals surface area (Å²) in [5.74, 6) is -0.140. The van der Waals surface area contributed by atoms with Gasteiger partial charge < -0.3 is 5.32 Å². The Hall–Kier alpha value is -3.00. The van der Waals surface area contributed by atoms with Crippen LogP contribution < -0.4 is 5.32 Å². The third-order valence-electron chi connectivity index (χ3n) is 6.07. The number of anilines is 1. The molecule has 1 saturated heterocycles. The highest BCUT2D eigenvalue weighted by Gasteiger charge is 2.28. The summed E-state index contributed by atoms with van der Waals surface area (Å²) >= 11 is 0. The molecule has 6 nitrogen and oxygen atoms in total. The molecular formula is C26H29N3O3S. The average molecular weight is 464 g/mol. The summed E-state index contributed by atoms with van der Waals surface area (Å²) in [6, 6.07) is 22.1. The van der Waals surface area contributed by atoms with Crippen molar-refractivity contribution in [2.75, 3.05) is 31.5 Å². The number of hydrogen-bond donors (Lipinski definition) is 1. The number of nitrogens with zero attached hydrogens (tertiary/aromatic N) is 2. The molecule has 0 aromatic heterocycles. The van der Waals surface area contributed by atoms with Crippen molar-refractivity contribution in [3.05, 3.63) is 95.1 Å². The minimum absolute atomic E-state index is 0.140. The maximum Gasteiger partial charge on any atom is 0.255 e. The van der Waals surface area contributed by atoms with Crippen LogP contribution in [0.3, 0.4) is 0 Å². The van der Waals surface area contributed by atoms with Crippen LogP contribution in [-0.2, 0) is 16.6 Å². The second kappa shape index (κ2) is 9.87. The molecule has 7 heteroatoms. The zero-order valence-corrected chi connectivity index (χ0v) is 19.8. The van der Waals surface area contributed by atoms with E-state index in [2.05, 4.69) is 10.2 Å². The lowest BCUT2D eigenvalue weighted by Gasteiger charge is -2.34. The molecule has 4 rings (SSSR count). The minimum Gasteiger partial charge on any atom is -0.322 e. The topological polar surface area (TPSA) is 69.7 Å². The van der Waals surface area contributed by atoms with Crippen molar-refractivity contribution in [2.45, 2.75) is 25.3 Å². The van der Waals surface area contributed by atoms with E-state index < -0.39 is 10.0 Å². The fourth-order valence-electron chi connectivity index (χ4n) is 3.96. The maximum absolute atomic E-state index is 12.8. The van der Waals surface area contributed by atoms with Gasteiger partial charge in [0.2, 0.25) is 10.0 Å². The second-order valence-electron chi connectivity index (χ2n) is 8.45. The monoisotopic (exact) mass is 463 g/mol. The Morgan fingerprint density at radius 3 is 2.27 bits per heavy atom. The molecule has 0 saturated carbocycles. The molecular weight excluding hydrogens is 434 g/mol. The fraction of sp³-hybridized carbons (Fsp3) is 0.269. The average Bonchev–Trinajstić information content (AvgIpc) is 2.82. The van der Waals surface area contributed by atoms with Crippen LogP contribution in [0.25, 0.3) is 0 Å². The molecule has 0 unspecified atom stereocenters. The predicted molar refractivity (Wildman–Crippen MR) is 131 cm³/mol. The molecule has 1 amide bonds. The van der Waals surface area contributed by atoms with Crippen molar-refractivity contribution in [3.63, 3.8) is 0 Å². The molecule has 0 spiro atoms. The number of benzene rings is 3. The van der Waals surface area contributed by atoms with Gasteiger partial charge in [0.05, 0.1) is 4.90 Å². The molecule has 1 N–H and O–H groups in total. The molecule has 0 radical (unpaired) electrons. The first-order chi connectivity index (χ1) is 15.8. The quantitative estimate of drug-likeness (QED) is 0.599. The van der Waals surface area contributed by atoms with Crippen LogP contribution in [0.2, 0.25) is 0 Å². The van der Waals surface area contributed by atoms with Crippen molar-refractivity contribution in [2.24, 2.45) is 0 Å². The van der Waals surface area contributed by atoms with Crippen molar-refractivity contribution in [1.82, 2.24) is 9.21 Å². The van der Waals surface area contributed by atoms with Crippen LogP contribution in [0, 0.1) is 13.8 Å². The normalized spacial score (nSPS) is 15.3. The summed E-state index contributed by atoms with van der Waals surface area (Å²) in [4.78, 5) is 15.3. The lowest BCUT2D eigenvalue weighted by atomic mass is 10.1. The Labute approximate surface area is 195 Å². The first kappa shape index (κ1) is 23.2. The van der Waals surface area contributed by atoms with Gasteiger partial charge in [-0.05, 0) is 66.9 Å². The van der Waals surface area contributed by atoms with Crippen molar-refractivity contribution >= 4 is 21.6 Å². The summed E-state index contributed by atoms with van der Waals surface area (Å²) in [5, 5.41) is 2.97. The van der Waals surface area contributed by atoms with Crippen LogP contribution in [-0.4, -0.2) is 49.7 Å². The van der Waals surface area contributed by atoms with E-state index in [4.69, 9.17) is 0 Å². The fourth-order valence-corrected chi connectivity index (χ4v) is 5.40. The standard InChI is InChI=1S/C26H29N3O3S/c1-20-11-12-24(17-21(20)2)27-26(30)23-8-6-7-22(18-23)19-28-13-15-29(16-14-28)33(31,32)25-9-4-3-5-10-25/h3-12,17-18H,13-16,19H2,1-2H3,(H,27,30). The van der Waals surface area contributed by atoms with Crippen LogP contribution in [0.1, 0.15) is 27.0 Å². The molecule has 0 bridgehead atoms. The number of rotatable bonds is 6. The Bertz CT molecular complexity index is 1230. The molecule has 3 aromatic rings. The molecule has 1 heterocycles. The number of sulfonamides is 1. The molecule has 172 valence electrons. The van der Waals surface area contributed by atoms with Gasteiger partial charge in [-0.2, -0.15) is 4.31 Å². The third kappa shape index (κ3) is 5.50. The van der Waals surface area contributed by atoms with E-state index in [0.29, 0.717) is 43.2 Å². The second-order valence-corrected chi connectivity index (χ2v) is 10.4. The smallest absolute Gasteiger partial charge is 0.255 e. The summed E-state index contributed by atoms with van der Waals surface area (Å²) < 4.78 is 27.2. The van der Waals surface area contributed by atoms with Gasteiger partial charge in [0.25, 0.3) is 5.91 Å². The van der Waals surface area contributed by atoms with Gasteiger partial charge in [0.15, 0.2) is 0 Å². The van der Waals surface area contributed by atoms with Gasteiger partial charge in [0, 0.05) is 44.0 Å². The van der Waals surface area contributed by atoms with E-state index in [9.17, 15) is 13.2 Å². The predicted octanol–water partition coefficient (Wildman–Crippen LogP) is 4.06. The number of aryl methyl sites for hydroxylation is 2. The van der Waals surface area contributed by atoms with Crippen LogP contribution in [0.4, 0.5) is 5.69 Å². The molecule has 1 aliphatic heterocycles. The van der Waals surface area contributed by atoms with E-state index in [1.165, 1.54) is 5.56 Å². The number of amides is 1. The molecule has 33 heavy (non-hydrogen) atoms. The van der Waals surface area contributed by atoms with E-state index in [1.54, 1.807) is 28.6 Å². The maximum atomic E-state index is 12.8. The van der Waals surface area contributed by atoms with E-state index in [0.717, 1.165) is 16.8 Å². The SMILES string of the molecule is Cc1ccc(NC(=O)c2cccc(CN3CCN(S(=O)(=O)c4ccccc4)CC3)c2)cc1C. The van der Waals surface area contributed by atoms with Crippen LogP contribution in [0.5, 0.6) is 0 Å². The first-order valence-electron chi connectivity index (χ1n) is 11.1. The van der Waals surface area contributed by atoms with Gasteiger partial charge in [-0.15, -0.1) is 0 Å². The molecule has 0 atom stereocenters. The molecule has 1 fully saturated rings. The van der Waals surface area contributed by atoms with E-state index >= 15 is 0 Å². The Morgan fingerprint density at radius 2 is 1.58 bits per heavy atom. The summed E-state index contributed by atoms with van der Waals surface area (Å²) in [6.45, 7) is 6.92. The highest BCUT2D eigenvalue weighted by atomic mass is 32.2. The van der Waals surface area contributed by atoms with Gasteiger partial charge in [-0.25, -0.2) is 8.42 Å². The number of carbonyl (C=O) groups excluding carboxylic acids is 1. The number of piperazine rings is 1. The van der Waals surface area contributed by atoms with Gasteiger partial charge in [0.1, 0.15) is 0 Å². The van der Waals surface area contributed by atoms with Gasteiger partial charge in [-0.1, -0.05) is 36.4 Å². The van der Waals surface area contributed by atoms with E-state index in [-0.39, 0.29) is 5.91 Å². The summed E-state index contributed by atoms with van der Waals surface area (Å²) in [7, 11) is -3.46. The third-order valence-corrected chi connectivity index (χ3v) is 7.99. The Morgan fingerprint density at radius 1 is 0.848 bits per heavy atom. The minimum atomic E-state index is -3.46. The number of carbonyl (C=O) groups is 1. The first-order valence-corrected chi connectivity index (χ1v) is 12.5. The van der Waals surface area contributed by atoms with Crippen molar-refractivity contribution < 1.29 is 13.2 Å². The van der Waals surface area contributed by atoms with Gasteiger partial charge in [-0.3, -0.25) is 9.69 Å². The summed E-state index contributed by atoms with van der Waals surface area (Å²) in [6.07, 6.45) is 0. The Kier molecular flexibility index (Phi) is 6.93. The molecule has 0 aliphatic carbocycles. The van der Waals surface area contributed by atoms with Crippen LogP contribution in [0.15, 0.2) is 77.7 Å². The van der Waals surface area contributed by atoms with Crippen molar-refractivity contribution in [1.29, 1.82) is 0 Å². The van der Waals surface area contributed by atoms with Gasteiger partial charge >= 0.3 is 0 Å². The lowest BCUT2D eigenvalue weighted by Crippen LogP contribution is -2.48.